The van der Waals surface area contributed by atoms with Crippen molar-refractivity contribution in [1.29, 1.82) is 5.26 Å². The zero-order valence-electron chi connectivity index (χ0n) is 32.0. The molecule has 0 aliphatic heterocycles. The molecule has 18 heteroatoms. The summed E-state index contributed by atoms with van der Waals surface area (Å²) in [5.41, 5.74) is -3.25. The van der Waals surface area contributed by atoms with Gasteiger partial charge in [-0.25, -0.2) is 39.5 Å². The Hall–Kier alpha value is -4.82. The minimum absolute atomic E-state index is 0.00775. The van der Waals surface area contributed by atoms with Crippen LogP contribution < -0.4 is 14.4 Å². The average Bonchev–Trinajstić information content (AvgIpc) is 3.52. The minimum Gasteiger partial charge on any atom is -0.491 e. The number of hydrogen-bond acceptors (Lipinski definition) is 8. The Kier molecular flexibility index (Phi) is 16.0. The number of anilines is 1. The summed E-state index contributed by atoms with van der Waals surface area (Å²) in [5, 5.41) is 17.9. The molecule has 0 fully saturated rings. The number of ether oxygens (including phenoxy) is 2. The summed E-state index contributed by atoms with van der Waals surface area (Å²) in [6.07, 6.45) is 4.18. The largest absolute Gasteiger partial charge is 0.491 e. The molecule has 1 aromatic heterocycles. The summed E-state index contributed by atoms with van der Waals surface area (Å²) in [6, 6.07) is 5.58. The number of nitrogens with zero attached hydrogens (tertiary/aromatic N) is 4. The molecule has 0 bridgehead atoms. The van der Waals surface area contributed by atoms with Gasteiger partial charge in [0.25, 0.3) is 0 Å². The van der Waals surface area contributed by atoms with E-state index in [0.717, 1.165) is 42.4 Å². The molecule has 0 aliphatic carbocycles. The molecule has 0 aliphatic rings. The van der Waals surface area contributed by atoms with Crippen LogP contribution in [0.25, 0.3) is 0 Å². The van der Waals surface area contributed by atoms with Gasteiger partial charge in [-0.1, -0.05) is 69.9 Å². The molecule has 0 saturated heterocycles. The van der Waals surface area contributed by atoms with Gasteiger partial charge in [-0.15, -0.1) is 10.2 Å². The quantitative estimate of drug-likeness (QED) is 0.0327. The van der Waals surface area contributed by atoms with Crippen LogP contribution in [0.5, 0.6) is 10.8 Å². The van der Waals surface area contributed by atoms with E-state index in [1.165, 1.54) is 18.2 Å². The predicted molar refractivity (Wildman–Crippen MR) is 200 cm³/mol. The van der Waals surface area contributed by atoms with Crippen molar-refractivity contribution >= 4 is 45.3 Å². The summed E-state index contributed by atoms with van der Waals surface area (Å²) in [7, 11) is 0. The lowest BCUT2D eigenvalue weighted by atomic mass is 10.0. The highest BCUT2D eigenvalue weighted by molar-refractivity contribution is 7.18. The van der Waals surface area contributed by atoms with Gasteiger partial charge in [-0.2, -0.15) is 5.26 Å². The zero-order chi connectivity index (χ0) is 43.0. The third-order valence-corrected chi connectivity index (χ3v) is 11.0. The highest BCUT2D eigenvalue weighted by Gasteiger charge is 2.30. The molecular weight excluding hydrogens is 823 g/mol. The Balaban J connectivity index is 1.88. The van der Waals surface area contributed by atoms with E-state index in [4.69, 9.17) is 21.1 Å². The monoisotopic (exact) mass is 860 g/mol. The number of unbranched alkanes of at least 4 members (excludes halogenated alkanes) is 1. The molecule has 4 aromatic rings. The van der Waals surface area contributed by atoms with Crippen molar-refractivity contribution in [2.45, 2.75) is 86.2 Å². The third kappa shape index (κ3) is 9.89. The lowest BCUT2D eigenvalue weighted by Crippen LogP contribution is -2.26. The van der Waals surface area contributed by atoms with Crippen LogP contribution in [0.1, 0.15) is 88.5 Å². The van der Waals surface area contributed by atoms with Crippen LogP contribution in [-0.2, 0) is 17.9 Å². The van der Waals surface area contributed by atoms with Gasteiger partial charge in [0.05, 0.1) is 12.5 Å². The van der Waals surface area contributed by atoms with Crippen LogP contribution in [0.3, 0.4) is 0 Å². The molecule has 1 heterocycles. The number of esters is 1. The first-order valence-electron chi connectivity index (χ1n) is 18.2. The van der Waals surface area contributed by atoms with Gasteiger partial charge >= 0.3 is 5.97 Å². The summed E-state index contributed by atoms with van der Waals surface area (Å²) in [4.78, 5) is 13.5. The van der Waals surface area contributed by atoms with E-state index >= 15 is 13.2 Å². The maximum absolute atomic E-state index is 15.2. The van der Waals surface area contributed by atoms with Crippen LogP contribution in [0.15, 0.2) is 28.4 Å². The highest BCUT2D eigenvalue weighted by atomic mass is 35.5. The van der Waals surface area contributed by atoms with Crippen molar-refractivity contribution in [1.82, 2.24) is 0 Å². The van der Waals surface area contributed by atoms with Crippen molar-refractivity contribution in [2.24, 2.45) is 22.1 Å². The Labute approximate surface area is 338 Å². The second kappa shape index (κ2) is 20.2. The number of azo groups is 1. The summed E-state index contributed by atoms with van der Waals surface area (Å²) in [6.45, 7) is 6.40. The normalized spacial score (nSPS) is 12.1. The summed E-state index contributed by atoms with van der Waals surface area (Å²) in [5.74, 6) is -20.4. The molecule has 4 rings (SSSR count). The predicted octanol–water partition coefficient (Wildman–Crippen LogP) is 13.4. The molecule has 3 aromatic carbocycles. The topological polar surface area (TPSA) is 87.3 Å². The second-order valence-electron chi connectivity index (χ2n) is 13.3. The lowest BCUT2D eigenvalue weighted by molar-refractivity contribution is -0.138. The number of carbonyl (C=O) groups is 1. The maximum atomic E-state index is 15.2. The number of halogens is 10. The fourth-order valence-corrected chi connectivity index (χ4v) is 7.06. The van der Waals surface area contributed by atoms with Crippen LogP contribution in [0, 0.1) is 82.4 Å². The number of rotatable bonds is 18. The van der Waals surface area contributed by atoms with Gasteiger partial charge in [-0.05, 0) is 49.8 Å². The molecule has 0 amide bonds. The molecule has 312 valence electrons. The van der Waals surface area contributed by atoms with Crippen LogP contribution in [-0.4, -0.2) is 12.6 Å². The van der Waals surface area contributed by atoms with Gasteiger partial charge in [0.2, 0.25) is 10.9 Å². The molecule has 0 N–H and O–H groups in total. The fraction of sp³-hybridized carbons (Fsp3) is 0.400. The molecule has 1 atom stereocenters. The molecule has 0 radical (unpaired) electrons. The summed E-state index contributed by atoms with van der Waals surface area (Å²) < 4.78 is 143. The number of hydrogen-bond donors (Lipinski definition) is 0. The molecule has 0 saturated carbocycles. The third-order valence-electron chi connectivity index (χ3n) is 9.62. The first-order valence-corrected chi connectivity index (χ1v) is 19.4. The van der Waals surface area contributed by atoms with Crippen LogP contribution in [0.2, 0.25) is 5.02 Å². The first-order chi connectivity index (χ1) is 27.5. The van der Waals surface area contributed by atoms with Crippen LogP contribution >= 0.6 is 22.9 Å². The van der Waals surface area contributed by atoms with Gasteiger partial charge in [0.1, 0.15) is 28.1 Å². The van der Waals surface area contributed by atoms with Crippen molar-refractivity contribution in [3.05, 3.63) is 97.8 Å². The van der Waals surface area contributed by atoms with Crippen molar-refractivity contribution < 1.29 is 53.8 Å². The lowest BCUT2D eigenvalue weighted by Gasteiger charge is -2.28. The van der Waals surface area contributed by atoms with Gasteiger partial charge < -0.3 is 14.4 Å². The molecule has 58 heavy (non-hydrogen) atoms. The van der Waals surface area contributed by atoms with Crippen molar-refractivity contribution in [2.75, 3.05) is 11.5 Å². The molecule has 7 nitrogen and oxygen atoms in total. The van der Waals surface area contributed by atoms with E-state index in [2.05, 4.69) is 10.2 Å². The number of nitriles is 1. The fourth-order valence-electron chi connectivity index (χ4n) is 5.90. The van der Waals surface area contributed by atoms with E-state index in [-0.39, 0.29) is 50.3 Å². The standard InChI is InChI=1S/C40H38ClF9N4O3S/c1-6-10-11-20(7-2)18-56-27-14-22(12-13-26(27)52-53-38-23(15-51)28(41)40(58-38)57-39(55)21(8-3)9-4)54(16-24-19(5)29(42)33(46)34(47)30(24)43)17-25-31(44)35(48)37(50)36(49)32(25)45/h12-14,20-21H,6-11,16-18H2,1-5H3. The number of thiophene rings is 1. The second-order valence-corrected chi connectivity index (χ2v) is 14.6. The molecule has 1 unspecified atom stereocenters. The van der Waals surface area contributed by atoms with E-state index in [9.17, 15) is 36.4 Å². The van der Waals surface area contributed by atoms with E-state index in [0.29, 0.717) is 19.3 Å². The van der Waals surface area contributed by atoms with Gasteiger partial charge in [0.15, 0.2) is 51.5 Å². The molecule has 0 spiro atoms. The number of benzene rings is 3. The Morgan fingerprint density at radius 2 is 1.40 bits per heavy atom. The van der Waals surface area contributed by atoms with Crippen LogP contribution in [0.4, 0.5) is 55.9 Å². The SMILES string of the molecule is CCCCC(CC)COc1cc(N(Cc2c(C)c(F)c(F)c(F)c2F)Cc2c(F)c(F)c(F)c(F)c2F)ccc1N=Nc1sc(OC(=O)C(CC)CC)c(Cl)c1C#N. The minimum atomic E-state index is -2.43. The smallest absolute Gasteiger partial charge is 0.315 e. The van der Waals surface area contributed by atoms with Crippen molar-refractivity contribution in [3.63, 3.8) is 0 Å². The van der Waals surface area contributed by atoms with Gasteiger partial charge in [-0.3, -0.25) is 4.79 Å². The van der Waals surface area contributed by atoms with Crippen molar-refractivity contribution in [3.8, 4) is 16.9 Å². The first kappa shape index (κ1) is 45.9. The Morgan fingerprint density at radius 1 is 0.828 bits per heavy atom. The highest BCUT2D eigenvalue weighted by Crippen LogP contribution is 2.46. The summed E-state index contributed by atoms with van der Waals surface area (Å²) >= 11 is 7.14. The van der Waals surface area contributed by atoms with E-state index < -0.39 is 94.0 Å². The van der Waals surface area contributed by atoms with E-state index in [1.807, 2.05) is 33.8 Å². The Morgan fingerprint density at radius 3 is 1.97 bits per heavy atom. The number of carbonyl (C=O) groups excluding carboxylic acids is 1. The zero-order valence-corrected chi connectivity index (χ0v) is 33.5. The average molecular weight is 861 g/mol. The van der Waals surface area contributed by atoms with E-state index in [1.54, 1.807) is 0 Å². The molecular formula is C40H38ClF9N4O3S. The Bertz CT molecular complexity index is 2100. The maximum Gasteiger partial charge on any atom is 0.315 e. The van der Waals surface area contributed by atoms with Gasteiger partial charge in [0, 0.05) is 36.0 Å².